The third-order valence-electron chi connectivity index (χ3n) is 1.89. The third kappa shape index (κ3) is 1.57. The van der Waals surface area contributed by atoms with Gasteiger partial charge in [0.15, 0.2) is 3.01 Å². The van der Waals surface area contributed by atoms with Crippen LogP contribution in [-0.4, -0.2) is 23.5 Å². The number of hydrogen-bond donors (Lipinski definition) is 0. The van der Waals surface area contributed by atoms with Crippen LogP contribution in [0.4, 0.5) is 0 Å². The topological polar surface area (TPSA) is 16.1 Å². The van der Waals surface area contributed by atoms with Gasteiger partial charge in [-0.1, -0.05) is 0 Å². The molecule has 2 nitrogen and oxygen atoms in total. The van der Waals surface area contributed by atoms with E-state index < -0.39 is 0 Å². The van der Waals surface area contributed by atoms with Crippen molar-refractivity contribution in [3.05, 3.63) is 13.6 Å². The van der Waals surface area contributed by atoms with Crippen LogP contribution in [0.3, 0.4) is 0 Å². The van der Waals surface area contributed by atoms with Gasteiger partial charge in [-0.05, 0) is 36.1 Å². The standard InChI is InChI=1S/C7H9IN2S/c1-10-3-2-6-5(4-10)9-7(8)11-6/h2-4H2,1H3. The van der Waals surface area contributed by atoms with Gasteiger partial charge < -0.3 is 4.90 Å². The highest BCUT2D eigenvalue weighted by Gasteiger charge is 2.16. The van der Waals surface area contributed by atoms with Crippen LogP contribution in [0.5, 0.6) is 0 Å². The molecule has 0 atom stereocenters. The van der Waals surface area contributed by atoms with Crippen LogP contribution in [0.2, 0.25) is 0 Å². The maximum absolute atomic E-state index is 4.47. The monoisotopic (exact) mass is 280 g/mol. The number of hydrogen-bond acceptors (Lipinski definition) is 3. The van der Waals surface area contributed by atoms with Crippen molar-refractivity contribution in [2.75, 3.05) is 13.6 Å². The fraction of sp³-hybridized carbons (Fsp3) is 0.571. The molecule has 0 bridgehead atoms. The van der Waals surface area contributed by atoms with Gasteiger partial charge >= 0.3 is 0 Å². The molecule has 0 aliphatic carbocycles. The Hall–Kier alpha value is 0.320. The maximum atomic E-state index is 4.47. The Morgan fingerprint density at radius 3 is 3.27 bits per heavy atom. The van der Waals surface area contributed by atoms with Gasteiger partial charge in [-0.15, -0.1) is 11.3 Å². The highest BCUT2D eigenvalue weighted by atomic mass is 127. The van der Waals surface area contributed by atoms with Crippen molar-refractivity contribution in [1.82, 2.24) is 9.88 Å². The highest BCUT2D eigenvalue weighted by molar-refractivity contribution is 14.1. The van der Waals surface area contributed by atoms with Gasteiger partial charge in [0.1, 0.15) is 0 Å². The minimum Gasteiger partial charge on any atom is -0.300 e. The lowest BCUT2D eigenvalue weighted by molar-refractivity contribution is 0.310. The van der Waals surface area contributed by atoms with Crippen LogP contribution >= 0.6 is 33.9 Å². The Balaban J connectivity index is 2.34. The van der Waals surface area contributed by atoms with Gasteiger partial charge in [0.2, 0.25) is 0 Å². The number of likely N-dealkylation sites (N-methyl/N-ethyl adjacent to an activating group) is 1. The fourth-order valence-electron chi connectivity index (χ4n) is 1.30. The number of halogens is 1. The summed E-state index contributed by atoms with van der Waals surface area (Å²) in [6.45, 7) is 2.22. The molecule has 0 saturated heterocycles. The maximum Gasteiger partial charge on any atom is 0.154 e. The van der Waals surface area contributed by atoms with Gasteiger partial charge in [-0.2, -0.15) is 0 Å². The quantitative estimate of drug-likeness (QED) is 0.673. The molecule has 0 unspecified atom stereocenters. The first-order chi connectivity index (χ1) is 5.25. The van der Waals surface area contributed by atoms with Crippen molar-refractivity contribution in [3.63, 3.8) is 0 Å². The summed E-state index contributed by atoms with van der Waals surface area (Å²) in [5, 5.41) is 0. The van der Waals surface area contributed by atoms with Crippen LogP contribution in [0.1, 0.15) is 10.6 Å². The molecule has 60 valence electrons. The minimum atomic E-state index is 1.04. The van der Waals surface area contributed by atoms with Gasteiger partial charge in [-0.3, -0.25) is 0 Å². The number of aromatic nitrogens is 1. The predicted molar refractivity (Wildman–Crippen MR) is 54.9 cm³/mol. The predicted octanol–water partition coefficient (Wildman–Crippen LogP) is 1.74. The molecule has 1 aliphatic heterocycles. The zero-order valence-electron chi connectivity index (χ0n) is 6.30. The molecule has 11 heavy (non-hydrogen) atoms. The van der Waals surface area contributed by atoms with Crippen molar-refractivity contribution in [1.29, 1.82) is 0 Å². The average Bonchev–Trinajstić information content (AvgIpc) is 2.27. The van der Waals surface area contributed by atoms with E-state index in [9.17, 15) is 0 Å². The highest BCUT2D eigenvalue weighted by Crippen LogP contribution is 2.24. The first-order valence-corrected chi connectivity index (χ1v) is 5.48. The van der Waals surface area contributed by atoms with Gasteiger partial charge in [0, 0.05) is 18.0 Å². The molecule has 1 aliphatic rings. The zero-order valence-corrected chi connectivity index (χ0v) is 9.28. The molecule has 1 aromatic rings. The summed E-state index contributed by atoms with van der Waals surface area (Å²) in [4.78, 5) is 8.28. The normalized spacial score (nSPS) is 18.4. The lowest BCUT2D eigenvalue weighted by atomic mass is 10.2. The van der Waals surface area contributed by atoms with E-state index in [1.807, 2.05) is 11.3 Å². The van der Waals surface area contributed by atoms with Crippen LogP contribution in [0.15, 0.2) is 0 Å². The lowest BCUT2D eigenvalue weighted by Gasteiger charge is -2.20. The molecule has 0 aromatic carbocycles. The number of nitrogens with zero attached hydrogens (tertiary/aromatic N) is 2. The summed E-state index contributed by atoms with van der Waals surface area (Å²) in [6.07, 6.45) is 1.19. The molecule has 0 spiro atoms. The van der Waals surface area contributed by atoms with Crippen molar-refractivity contribution < 1.29 is 0 Å². The molecule has 0 radical (unpaired) electrons. The van der Waals surface area contributed by atoms with Gasteiger partial charge in [0.05, 0.1) is 5.69 Å². The smallest absolute Gasteiger partial charge is 0.154 e. The molecule has 0 fully saturated rings. The Bertz CT molecular complexity index is 271. The van der Waals surface area contributed by atoms with E-state index in [0.717, 1.165) is 6.54 Å². The second-order valence-corrected chi connectivity index (χ2v) is 5.66. The van der Waals surface area contributed by atoms with Gasteiger partial charge in [0.25, 0.3) is 0 Å². The van der Waals surface area contributed by atoms with E-state index in [1.165, 1.54) is 26.6 Å². The number of fused-ring (bicyclic) bond motifs is 1. The van der Waals surface area contributed by atoms with E-state index in [4.69, 9.17) is 0 Å². The molecular formula is C7H9IN2S. The Kier molecular flexibility index (Phi) is 2.16. The largest absolute Gasteiger partial charge is 0.300 e. The van der Waals surface area contributed by atoms with Crippen molar-refractivity contribution in [2.45, 2.75) is 13.0 Å². The van der Waals surface area contributed by atoms with E-state index in [0.29, 0.717) is 0 Å². The summed E-state index contributed by atoms with van der Waals surface area (Å²) >= 11 is 4.14. The van der Waals surface area contributed by atoms with Crippen LogP contribution in [0, 0.1) is 3.01 Å². The first-order valence-electron chi connectivity index (χ1n) is 3.58. The summed E-state index contributed by atoms with van der Waals surface area (Å²) in [7, 11) is 2.15. The summed E-state index contributed by atoms with van der Waals surface area (Å²) in [5.74, 6) is 0. The second-order valence-electron chi connectivity index (χ2n) is 2.82. The Morgan fingerprint density at radius 2 is 2.45 bits per heavy atom. The average molecular weight is 280 g/mol. The Morgan fingerprint density at radius 1 is 1.64 bits per heavy atom. The van der Waals surface area contributed by atoms with E-state index in [2.05, 4.69) is 39.5 Å². The summed E-state index contributed by atoms with van der Waals surface area (Å²) in [5.41, 5.74) is 1.30. The minimum absolute atomic E-state index is 1.04. The summed E-state index contributed by atoms with van der Waals surface area (Å²) < 4.78 is 1.18. The molecule has 4 heteroatoms. The van der Waals surface area contributed by atoms with Crippen molar-refractivity contribution >= 4 is 33.9 Å². The SMILES string of the molecule is CN1CCc2sc(I)nc2C1. The Labute approximate surface area is 83.8 Å². The first kappa shape index (κ1) is 7.94. The molecule has 1 aromatic heterocycles. The molecule has 2 rings (SSSR count). The molecule has 0 amide bonds. The van der Waals surface area contributed by atoms with E-state index in [-0.39, 0.29) is 0 Å². The van der Waals surface area contributed by atoms with Crippen molar-refractivity contribution in [2.24, 2.45) is 0 Å². The second kappa shape index (κ2) is 2.99. The van der Waals surface area contributed by atoms with Gasteiger partial charge in [-0.25, -0.2) is 4.98 Å². The van der Waals surface area contributed by atoms with Crippen LogP contribution < -0.4 is 0 Å². The summed E-state index contributed by atoms with van der Waals surface area (Å²) in [6, 6.07) is 0. The lowest BCUT2D eigenvalue weighted by Crippen LogP contribution is -2.25. The molecule has 0 N–H and O–H groups in total. The molecular weight excluding hydrogens is 271 g/mol. The number of rotatable bonds is 0. The number of thiazole rings is 1. The van der Waals surface area contributed by atoms with E-state index >= 15 is 0 Å². The third-order valence-corrected chi connectivity index (χ3v) is 3.74. The zero-order chi connectivity index (χ0) is 7.84. The van der Waals surface area contributed by atoms with Crippen LogP contribution in [0.25, 0.3) is 0 Å². The van der Waals surface area contributed by atoms with E-state index in [1.54, 1.807) is 0 Å². The molecule has 2 heterocycles. The van der Waals surface area contributed by atoms with Crippen molar-refractivity contribution in [3.8, 4) is 0 Å². The van der Waals surface area contributed by atoms with Crippen LogP contribution in [-0.2, 0) is 13.0 Å². The molecule has 0 saturated carbocycles. The fourth-order valence-corrected chi connectivity index (χ4v) is 3.17.